The van der Waals surface area contributed by atoms with Crippen LogP contribution in [0.3, 0.4) is 0 Å². The summed E-state index contributed by atoms with van der Waals surface area (Å²) in [7, 11) is 0. The molecule has 0 aromatic rings. The van der Waals surface area contributed by atoms with Crippen LogP contribution in [-0.2, 0) is 4.74 Å². The maximum absolute atomic E-state index is 6.61. The molecule has 0 amide bonds. The molecule has 2 N–H and O–H groups in total. The van der Waals surface area contributed by atoms with Gasteiger partial charge in [0.05, 0.1) is 6.10 Å². The molecule has 2 aliphatic rings. The van der Waals surface area contributed by atoms with E-state index in [0.29, 0.717) is 6.10 Å². The molecule has 1 saturated carbocycles. The van der Waals surface area contributed by atoms with Gasteiger partial charge in [-0.15, -0.1) is 0 Å². The van der Waals surface area contributed by atoms with Crippen LogP contribution in [0.5, 0.6) is 0 Å². The van der Waals surface area contributed by atoms with Gasteiger partial charge in [-0.1, -0.05) is 20.3 Å². The Bertz CT molecular complexity index is 261. The maximum atomic E-state index is 6.61. The van der Waals surface area contributed by atoms with Gasteiger partial charge in [-0.25, -0.2) is 0 Å². The maximum Gasteiger partial charge on any atom is 0.0662 e. The first-order valence-electron chi connectivity index (χ1n) is 7.12. The zero-order valence-electron chi connectivity index (χ0n) is 11.7. The van der Waals surface area contributed by atoms with Crippen LogP contribution in [0, 0.1) is 5.41 Å². The van der Waals surface area contributed by atoms with Crippen LogP contribution < -0.4 is 5.73 Å². The Morgan fingerprint density at radius 3 is 2.41 bits per heavy atom. The molecule has 1 aliphatic heterocycles. The lowest BCUT2D eigenvalue weighted by Crippen LogP contribution is -2.73. The lowest BCUT2D eigenvalue weighted by Gasteiger charge is -2.60. The van der Waals surface area contributed by atoms with Gasteiger partial charge < -0.3 is 15.4 Å². The van der Waals surface area contributed by atoms with Crippen molar-refractivity contribution in [1.29, 1.82) is 0 Å². The highest BCUT2D eigenvalue weighted by Crippen LogP contribution is 2.50. The van der Waals surface area contributed by atoms with Crippen LogP contribution in [0.1, 0.15) is 46.5 Å². The Hall–Kier alpha value is -0.120. The smallest absolute Gasteiger partial charge is 0.0662 e. The molecule has 2 rings (SSSR count). The molecule has 1 aliphatic carbocycles. The van der Waals surface area contributed by atoms with E-state index < -0.39 is 0 Å². The largest absolute Gasteiger partial charge is 0.378 e. The van der Waals surface area contributed by atoms with Crippen molar-refractivity contribution in [2.24, 2.45) is 11.1 Å². The van der Waals surface area contributed by atoms with E-state index in [1.54, 1.807) is 0 Å². The third kappa shape index (κ3) is 2.38. The average molecular weight is 240 g/mol. The van der Waals surface area contributed by atoms with Crippen LogP contribution in [0.4, 0.5) is 0 Å². The number of piperidine rings is 1. The van der Waals surface area contributed by atoms with E-state index in [1.807, 2.05) is 0 Å². The Labute approximate surface area is 106 Å². The minimum atomic E-state index is -0.0514. The van der Waals surface area contributed by atoms with Gasteiger partial charge in [0, 0.05) is 24.1 Å². The van der Waals surface area contributed by atoms with E-state index in [0.717, 1.165) is 19.6 Å². The predicted molar refractivity (Wildman–Crippen MR) is 71.0 cm³/mol. The predicted octanol–water partition coefficient (Wildman–Crippen LogP) is 2.00. The number of hydrogen-bond acceptors (Lipinski definition) is 3. The number of nitrogens with zero attached hydrogens (tertiary/aromatic N) is 1. The first-order chi connectivity index (χ1) is 7.99. The molecule has 1 saturated heterocycles. The highest BCUT2D eigenvalue weighted by molar-refractivity contribution is 5.14. The molecular formula is C14H28N2O. The summed E-state index contributed by atoms with van der Waals surface area (Å²) in [5.74, 6) is 0. The minimum Gasteiger partial charge on any atom is -0.378 e. The fourth-order valence-electron chi connectivity index (χ4n) is 3.29. The summed E-state index contributed by atoms with van der Waals surface area (Å²) in [5.41, 5.74) is 6.67. The molecule has 2 fully saturated rings. The Balaban J connectivity index is 1.91. The molecule has 2 unspecified atom stereocenters. The topological polar surface area (TPSA) is 38.5 Å². The number of ether oxygens (including phenoxy) is 1. The molecule has 0 spiro atoms. The molecule has 17 heavy (non-hydrogen) atoms. The van der Waals surface area contributed by atoms with Gasteiger partial charge >= 0.3 is 0 Å². The van der Waals surface area contributed by atoms with Crippen molar-refractivity contribution in [3.63, 3.8) is 0 Å². The fraction of sp³-hybridized carbons (Fsp3) is 1.00. The summed E-state index contributed by atoms with van der Waals surface area (Å²) in [6.45, 7) is 10.9. The van der Waals surface area contributed by atoms with Crippen molar-refractivity contribution in [3.8, 4) is 0 Å². The number of nitrogens with two attached hydrogens (primary N) is 1. The minimum absolute atomic E-state index is 0.0514. The van der Waals surface area contributed by atoms with E-state index >= 15 is 0 Å². The monoisotopic (exact) mass is 240 g/mol. The zero-order chi connectivity index (χ0) is 12.5. The van der Waals surface area contributed by atoms with Gasteiger partial charge in [0.25, 0.3) is 0 Å². The fourth-order valence-corrected chi connectivity index (χ4v) is 3.29. The van der Waals surface area contributed by atoms with E-state index in [4.69, 9.17) is 10.5 Å². The first kappa shape index (κ1) is 13.3. The molecule has 100 valence electrons. The molecule has 2 atom stereocenters. The van der Waals surface area contributed by atoms with Crippen LogP contribution in [0.2, 0.25) is 0 Å². The summed E-state index contributed by atoms with van der Waals surface area (Å²) in [5, 5.41) is 0. The van der Waals surface area contributed by atoms with Crippen molar-refractivity contribution in [2.75, 3.05) is 26.2 Å². The van der Waals surface area contributed by atoms with Crippen LogP contribution in [0.25, 0.3) is 0 Å². The van der Waals surface area contributed by atoms with Crippen molar-refractivity contribution in [3.05, 3.63) is 0 Å². The van der Waals surface area contributed by atoms with Gasteiger partial charge in [-0.05, 0) is 39.3 Å². The molecule has 0 radical (unpaired) electrons. The number of rotatable bonds is 4. The molecule has 0 aromatic heterocycles. The molecule has 0 aromatic carbocycles. The lowest BCUT2D eigenvalue weighted by molar-refractivity contribution is -0.157. The molecule has 0 bridgehead atoms. The summed E-state index contributed by atoms with van der Waals surface area (Å²) in [6.07, 6.45) is 5.43. The second-order valence-electron chi connectivity index (χ2n) is 6.36. The van der Waals surface area contributed by atoms with Crippen LogP contribution >= 0.6 is 0 Å². The SMILES string of the molecule is CCOC1CC(N)(CN2CCCCC2)C1(C)C. The van der Waals surface area contributed by atoms with Gasteiger partial charge in [0.1, 0.15) is 0 Å². The quantitative estimate of drug-likeness (QED) is 0.817. The van der Waals surface area contributed by atoms with Gasteiger partial charge in [0.15, 0.2) is 0 Å². The van der Waals surface area contributed by atoms with E-state index in [9.17, 15) is 0 Å². The highest BCUT2D eigenvalue weighted by atomic mass is 16.5. The summed E-state index contributed by atoms with van der Waals surface area (Å²) < 4.78 is 5.78. The zero-order valence-corrected chi connectivity index (χ0v) is 11.7. The summed E-state index contributed by atoms with van der Waals surface area (Å²) in [4.78, 5) is 2.55. The normalized spacial score (nSPS) is 37.8. The molecule has 1 heterocycles. The number of likely N-dealkylation sites (tertiary alicyclic amines) is 1. The van der Waals surface area contributed by atoms with Crippen molar-refractivity contribution < 1.29 is 4.74 Å². The van der Waals surface area contributed by atoms with Gasteiger partial charge in [-0.2, -0.15) is 0 Å². The van der Waals surface area contributed by atoms with Crippen LogP contribution in [-0.4, -0.2) is 42.8 Å². The molecule has 3 heteroatoms. The second kappa shape index (κ2) is 4.87. The van der Waals surface area contributed by atoms with Crippen molar-refractivity contribution in [1.82, 2.24) is 4.90 Å². The highest BCUT2D eigenvalue weighted by Gasteiger charge is 2.58. The Morgan fingerprint density at radius 1 is 1.24 bits per heavy atom. The Kier molecular flexibility index (Phi) is 3.81. The number of hydrogen-bond donors (Lipinski definition) is 1. The summed E-state index contributed by atoms with van der Waals surface area (Å²) in [6, 6.07) is 0. The molecular weight excluding hydrogens is 212 g/mol. The summed E-state index contributed by atoms with van der Waals surface area (Å²) >= 11 is 0. The first-order valence-corrected chi connectivity index (χ1v) is 7.12. The van der Waals surface area contributed by atoms with Crippen LogP contribution in [0.15, 0.2) is 0 Å². The standard InChI is InChI=1S/C14H28N2O/c1-4-17-12-10-14(15,13(12,2)3)11-16-8-6-5-7-9-16/h12H,4-11,15H2,1-3H3. The van der Waals surface area contributed by atoms with Crippen molar-refractivity contribution >= 4 is 0 Å². The van der Waals surface area contributed by atoms with E-state index in [2.05, 4.69) is 25.7 Å². The second-order valence-corrected chi connectivity index (χ2v) is 6.36. The van der Waals surface area contributed by atoms with Crippen molar-refractivity contribution in [2.45, 2.75) is 58.1 Å². The molecule has 3 nitrogen and oxygen atoms in total. The van der Waals surface area contributed by atoms with E-state index in [1.165, 1.54) is 32.4 Å². The lowest BCUT2D eigenvalue weighted by atomic mass is 9.54. The third-order valence-electron chi connectivity index (χ3n) is 4.96. The average Bonchev–Trinajstić information content (AvgIpc) is 2.30. The Morgan fingerprint density at radius 2 is 1.88 bits per heavy atom. The third-order valence-corrected chi connectivity index (χ3v) is 4.96. The van der Waals surface area contributed by atoms with Gasteiger partial charge in [-0.3, -0.25) is 0 Å². The van der Waals surface area contributed by atoms with E-state index in [-0.39, 0.29) is 11.0 Å². The van der Waals surface area contributed by atoms with Gasteiger partial charge in [0.2, 0.25) is 0 Å².